The molecule has 0 saturated heterocycles. The predicted molar refractivity (Wildman–Crippen MR) is 90.7 cm³/mol. The standard InChI is InChI=1S/C12H19N7S2/c1-13-11(20)17-10-8-9(16-12(14-2)21-10)19(7-15-8)6-5-18(3)4/h7H,5-6H2,1-4H3,(H2,13,17,20). The summed E-state index contributed by atoms with van der Waals surface area (Å²) in [5, 5.41) is 7.43. The number of rotatable bonds is 4. The molecule has 2 heterocycles. The zero-order valence-corrected chi connectivity index (χ0v) is 14.2. The number of anilines is 1. The van der Waals surface area contributed by atoms with Gasteiger partial charge in [-0.15, -0.1) is 0 Å². The molecule has 2 rings (SSSR count). The summed E-state index contributed by atoms with van der Waals surface area (Å²) >= 11 is 6.59. The Labute approximate surface area is 132 Å². The molecule has 7 nitrogen and oxygen atoms in total. The van der Waals surface area contributed by atoms with E-state index in [1.807, 2.05) is 18.7 Å². The van der Waals surface area contributed by atoms with Gasteiger partial charge in [0.05, 0.1) is 6.33 Å². The number of hydrogen-bond donors (Lipinski definition) is 2. The molecule has 0 amide bonds. The van der Waals surface area contributed by atoms with Gasteiger partial charge < -0.3 is 20.1 Å². The third-order valence-corrected chi connectivity index (χ3v) is 4.12. The molecule has 0 bridgehead atoms. The summed E-state index contributed by atoms with van der Waals surface area (Å²) in [6.45, 7) is 1.74. The maximum Gasteiger partial charge on any atom is 0.208 e. The van der Waals surface area contributed by atoms with Crippen molar-refractivity contribution in [3.05, 3.63) is 11.1 Å². The molecule has 0 aliphatic rings. The minimum Gasteiger partial charge on any atom is -0.366 e. The van der Waals surface area contributed by atoms with E-state index in [2.05, 4.69) is 30.5 Å². The lowest BCUT2D eigenvalue weighted by Crippen LogP contribution is -2.24. The zero-order valence-electron chi connectivity index (χ0n) is 12.5. The van der Waals surface area contributed by atoms with Crippen LogP contribution in [0.5, 0.6) is 0 Å². The van der Waals surface area contributed by atoms with Crippen LogP contribution >= 0.6 is 23.6 Å². The molecule has 0 aromatic carbocycles. The van der Waals surface area contributed by atoms with Crippen LogP contribution < -0.4 is 15.4 Å². The topological polar surface area (TPSA) is 70.4 Å². The Bertz CT molecular complexity index is 701. The number of imidazole rings is 1. The molecule has 9 heteroatoms. The average molecular weight is 325 g/mol. The number of nitrogens with zero attached hydrogens (tertiary/aromatic N) is 5. The molecular formula is C12H19N7S2. The highest BCUT2D eigenvalue weighted by atomic mass is 32.1. The van der Waals surface area contributed by atoms with Crippen molar-refractivity contribution in [2.45, 2.75) is 6.54 Å². The smallest absolute Gasteiger partial charge is 0.208 e. The molecule has 0 unspecified atom stereocenters. The van der Waals surface area contributed by atoms with Crippen molar-refractivity contribution in [3.63, 3.8) is 0 Å². The number of thiocarbonyl (C=S) groups is 1. The Hall–Kier alpha value is -1.58. The van der Waals surface area contributed by atoms with Crippen molar-refractivity contribution in [1.29, 1.82) is 0 Å². The normalized spacial score (nSPS) is 12.1. The predicted octanol–water partition coefficient (Wildman–Crippen LogP) is 0.501. The lowest BCUT2D eigenvalue weighted by Gasteiger charge is -2.10. The Balaban J connectivity index is 2.47. The minimum atomic E-state index is 0.545. The van der Waals surface area contributed by atoms with Gasteiger partial charge in [0.25, 0.3) is 0 Å². The summed E-state index contributed by atoms with van der Waals surface area (Å²) in [7, 11) is 7.59. The second-order valence-electron chi connectivity index (χ2n) is 4.67. The Kier molecular flexibility index (Phi) is 5.21. The van der Waals surface area contributed by atoms with Crippen LogP contribution in [-0.4, -0.2) is 59.3 Å². The molecule has 0 fully saturated rings. The molecule has 0 aliphatic carbocycles. The van der Waals surface area contributed by atoms with Crippen molar-refractivity contribution in [1.82, 2.24) is 24.8 Å². The number of fused-ring (bicyclic) bond motifs is 1. The summed E-state index contributed by atoms with van der Waals surface area (Å²) in [6, 6.07) is 0. The van der Waals surface area contributed by atoms with Gasteiger partial charge in [0.1, 0.15) is 10.5 Å². The molecule has 21 heavy (non-hydrogen) atoms. The van der Waals surface area contributed by atoms with Crippen LogP contribution in [0.3, 0.4) is 0 Å². The molecule has 2 aromatic heterocycles. The number of aromatic nitrogens is 3. The second-order valence-corrected chi connectivity index (χ2v) is 6.05. The fourth-order valence-corrected chi connectivity index (χ4v) is 2.69. The Morgan fingerprint density at radius 2 is 2.29 bits per heavy atom. The third-order valence-electron chi connectivity index (χ3n) is 2.85. The average Bonchev–Trinajstić information content (AvgIpc) is 2.88. The van der Waals surface area contributed by atoms with Crippen molar-refractivity contribution >= 4 is 44.8 Å². The van der Waals surface area contributed by atoms with E-state index in [0.29, 0.717) is 9.91 Å². The molecule has 0 aliphatic heterocycles. The van der Waals surface area contributed by atoms with Gasteiger partial charge in [-0.1, -0.05) is 11.3 Å². The molecule has 0 radical (unpaired) electrons. The van der Waals surface area contributed by atoms with Gasteiger partial charge in [-0.2, -0.15) is 4.98 Å². The summed E-state index contributed by atoms with van der Waals surface area (Å²) in [5.74, 6) is 0. The van der Waals surface area contributed by atoms with Gasteiger partial charge in [0.2, 0.25) is 4.80 Å². The van der Waals surface area contributed by atoms with E-state index >= 15 is 0 Å². The zero-order chi connectivity index (χ0) is 15.4. The number of nitrogens with one attached hydrogen (secondary N) is 2. The lowest BCUT2D eigenvalue weighted by atomic mass is 10.5. The first-order valence-corrected chi connectivity index (χ1v) is 7.70. The van der Waals surface area contributed by atoms with Crippen molar-refractivity contribution in [3.8, 4) is 0 Å². The quantitative estimate of drug-likeness (QED) is 0.798. The summed E-state index contributed by atoms with van der Waals surface area (Å²) < 4.78 is 2.03. The first-order valence-electron chi connectivity index (χ1n) is 6.47. The van der Waals surface area contributed by atoms with Crippen LogP contribution in [0, 0.1) is 0 Å². The fraction of sp³-hybridized carbons (Fsp3) is 0.500. The van der Waals surface area contributed by atoms with E-state index in [4.69, 9.17) is 12.2 Å². The molecule has 0 saturated carbocycles. The Morgan fingerprint density at radius 3 is 2.90 bits per heavy atom. The molecule has 2 N–H and O–H groups in total. The Morgan fingerprint density at radius 1 is 1.52 bits per heavy atom. The highest BCUT2D eigenvalue weighted by molar-refractivity contribution is 7.80. The van der Waals surface area contributed by atoms with Gasteiger partial charge in [-0.05, 0) is 26.3 Å². The van der Waals surface area contributed by atoms with E-state index in [0.717, 1.165) is 29.3 Å². The maximum absolute atomic E-state index is 5.16. The van der Waals surface area contributed by atoms with Gasteiger partial charge in [0, 0.05) is 27.2 Å². The highest BCUT2D eigenvalue weighted by Gasteiger charge is 2.12. The van der Waals surface area contributed by atoms with Crippen molar-refractivity contribution < 1.29 is 0 Å². The molecule has 114 valence electrons. The molecular weight excluding hydrogens is 306 g/mol. The first-order chi connectivity index (χ1) is 10.0. The SMILES string of the molecule is CN=c1nc2c(ncn2CCN(C)C)c(NC(=S)NC)s1. The molecule has 0 atom stereocenters. The molecule has 0 spiro atoms. The maximum atomic E-state index is 5.16. The van der Waals surface area contributed by atoms with E-state index in [1.165, 1.54) is 11.3 Å². The van der Waals surface area contributed by atoms with Crippen molar-refractivity contribution in [2.75, 3.05) is 40.1 Å². The van der Waals surface area contributed by atoms with Gasteiger partial charge >= 0.3 is 0 Å². The molecule has 2 aromatic rings. The minimum absolute atomic E-state index is 0.545. The van der Waals surface area contributed by atoms with Crippen LogP contribution in [0.4, 0.5) is 5.00 Å². The highest BCUT2D eigenvalue weighted by Crippen LogP contribution is 2.22. The first kappa shape index (κ1) is 15.8. The van der Waals surface area contributed by atoms with E-state index in [1.54, 1.807) is 20.4 Å². The number of hydrogen-bond acceptors (Lipinski definition) is 6. The number of likely N-dealkylation sites (N-methyl/N-ethyl adjacent to an activating group) is 1. The largest absolute Gasteiger partial charge is 0.366 e. The van der Waals surface area contributed by atoms with Gasteiger partial charge in [-0.3, -0.25) is 4.99 Å². The van der Waals surface area contributed by atoms with E-state index in [-0.39, 0.29) is 0 Å². The van der Waals surface area contributed by atoms with Crippen LogP contribution in [0.25, 0.3) is 11.2 Å². The van der Waals surface area contributed by atoms with E-state index < -0.39 is 0 Å². The van der Waals surface area contributed by atoms with Gasteiger partial charge in [-0.25, -0.2) is 4.98 Å². The summed E-state index contributed by atoms with van der Waals surface area (Å²) in [4.78, 5) is 16.0. The van der Waals surface area contributed by atoms with E-state index in [9.17, 15) is 0 Å². The summed E-state index contributed by atoms with van der Waals surface area (Å²) in [6.07, 6.45) is 1.81. The van der Waals surface area contributed by atoms with Crippen LogP contribution in [0.1, 0.15) is 0 Å². The van der Waals surface area contributed by atoms with Gasteiger partial charge in [0.15, 0.2) is 10.8 Å². The van der Waals surface area contributed by atoms with Crippen LogP contribution in [0.15, 0.2) is 11.3 Å². The third kappa shape index (κ3) is 3.74. The summed E-state index contributed by atoms with van der Waals surface area (Å²) in [5.41, 5.74) is 1.63. The second kappa shape index (κ2) is 6.92. The monoisotopic (exact) mass is 325 g/mol. The fourth-order valence-electron chi connectivity index (χ4n) is 1.72. The van der Waals surface area contributed by atoms with Crippen molar-refractivity contribution in [2.24, 2.45) is 4.99 Å². The van der Waals surface area contributed by atoms with Crippen LogP contribution in [0.2, 0.25) is 0 Å². The van der Waals surface area contributed by atoms with Crippen LogP contribution in [-0.2, 0) is 6.54 Å². The lowest BCUT2D eigenvalue weighted by molar-refractivity contribution is 0.386.